The third-order valence-electron chi connectivity index (χ3n) is 3.71. The Hall–Kier alpha value is -1.59. The van der Waals surface area contributed by atoms with Crippen molar-refractivity contribution in [2.45, 2.75) is 18.6 Å². The van der Waals surface area contributed by atoms with Crippen molar-refractivity contribution in [1.82, 2.24) is 0 Å². The van der Waals surface area contributed by atoms with E-state index in [0.29, 0.717) is 25.3 Å². The molecule has 2 saturated heterocycles. The van der Waals surface area contributed by atoms with Gasteiger partial charge in [0.05, 0.1) is 25.3 Å². The van der Waals surface area contributed by atoms with Gasteiger partial charge in [-0.15, -0.1) is 0 Å². The van der Waals surface area contributed by atoms with Gasteiger partial charge in [-0.3, -0.25) is 0 Å². The van der Waals surface area contributed by atoms with Crippen molar-refractivity contribution in [2.75, 3.05) is 31.2 Å². The molecule has 0 radical (unpaired) electrons. The van der Waals surface area contributed by atoms with E-state index < -0.39 is 11.8 Å². The van der Waals surface area contributed by atoms with E-state index in [-0.39, 0.29) is 0 Å². The van der Waals surface area contributed by atoms with Crippen LogP contribution in [0.25, 0.3) is 0 Å². The lowest BCUT2D eigenvalue weighted by Crippen LogP contribution is -2.49. The summed E-state index contributed by atoms with van der Waals surface area (Å²) < 4.78 is 11.5. The molecule has 5 nitrogen and oxygen atoms in total. The summed E-state index contributed by atoms with van der Waals surface area (Å²) in [5.41, 5.74) is 1.33. The molecule has 0 atom stereocenters. The largest absolute Gasteiger partial charge is 0.478 e. The Morgan fingerprint density at radius 3 is 2.53 bits per heavy atom. The predicted octanol–water partition coefficient (Wildman–Crippen LogP) is 1.73. The zero-order valence-corrected chi connectivity index (χ0v) is 10.7. The third-order valence-corrected chi connectivity index (χ3v) is 3.71. The minimum Gasteiger partial charge on any atom is -0.478 e. The molecule has 5 heteroatoms. The Kier molecular flexibility index (Phi) is 3.16. The van der Waals surface area contributed by atoms with E-state index >= 15 is 0 Å². The van der Waals surface area contributed by atoms with Crippen LogP contribution in [0.2, 0.25) is 0 Å². The van der Waals surface area contributed by atoms with E-state index in [2.05, 4.69) is 4.90 Å². The van der Waals surface area contributed by atoms with Crippen LogP contribution in [0.1, 0.15) is 23.2 Å². The van der Waals surface area contributed by atoms with Crippen molar-refractivity contribution in [2.24, 2.45) is 0 Å². The van der Waals surface area contributed by atoms with Gasteiger partial charge >= 0.3 is 5.97 Å². The van der Waals surface area contributed by atoms with Crippen LogP contribution in [0.3, 0.4) is 0 Å². The summed E-state index contributed by atoms with van der Waals surface area (Å²) in [6, 6.07) is 6.96. The molecular weight excluding hydrogens is 246 g/mol. The summed E-state index contributed by atoms with van der Waals surface area (Å²) in [5.74, 6) is -1.35. The molecule has 0 aromatic heterocycles. The molecule has 0 aliphatic carbocycles. The summed E-state index contributed by atoms with van der Waals surface area (Å²) in [4.78, 5) is 13.0. The number of carboxylic acid groups (broad SMARTS) is 1. The van der Waals surface area contributed by atoms with Crippen LogP contribution in [-0.2, 0) is 9.47 Å². The summed E-state index contributed by atoms with van der Waals surface area (Å²) >= 11 is 0. The summed E-state index contributed by atoms with van der Waals surface area (Å²) in [6.07, 6.45) is 1.94. The van der Waals surface area contributed by atoms with E-state index in [1.54, 1.807) is 12.1 Å². The molecule has 1 aromatic rings. The first-order chi connectivity index (χ1) is 9.19. The summed E-state index contributed by atoms with van der Waals surface area (Å²) in [6.45, 7) is 2.97. The van der Waals surface area contributed by atoms with E-state index in [9.17, 15) is 4.79 Å². The highest BCUT2D eigenvalue weighted by Crippen LogP contribution is 2.32. The highest BCUT2D eigenvalue weighted by Gasteiger charge is 2.40. The number of piperidine rings is 1. The monoisotopic (exact) mass is 263 g/mol. The van der Waals surface area contributed by atoms with Crippen LogP contribution >= 0.6 is 0 Å². The van der Waals surface area contributed by atoms with Gasteiger partial charge < -0.3 is 19.5 Å². The van der Waals surface area contributed by atoms with Gasteiger partial charge in [0.25, 0.3) is 0 Å². The van der Waals surface area contributed by atoms with Crippen molar-refractivity contribution < 1.29 is 19.4 Å². The number of anilines is 1. The van der Waals surface area contributed by atoms with Crippen molar-refractivity contribution in [1.29, 1.82) is 0 Å². The summed E-state index contributed by atoms with van der Waals surface area (Å²) in [5, 5.41) is 8.90. The number of hydrogen-bond acceptors (Lipinski definition) is 4. The van der Waals surface area contributed by atoms with Crippen molar-refractivity contribution in [3.05, 3.63) is 29.8 Å². The highest BCUT2D eigenvalue weighted by atomic mass is 16.7. The van der Waals surface area contributed by atoms with Crippen LogP contribution < -0.4 is 4.90 Å². The zero-order chi connectivity index (χ0) is 13.3. The Morgan fingerprint density at radius 1 is 1.21 bits per heavy atom. The van der Waals surface area contributed by atoms with Gasteiger partial charge in [-0.1, -0.05) is 0 Å². The van der Waals surface area contributed by atoms with Crippen molar-refractivity contribution in [3.63, 3.8) is 0 Å². The first-order valence-electron chi connectivity index (χ1n) is 6.55. The topological polar surface area (TPSA) is 59.0 Å². The Morgan fingerprint density at radius 2 is 1.89 bits per heavy atom. The predicted molar refractivity (Wildman–Crippen MR) is 69.5 cm³/mol. The number of carboxylic acids is 1. The molecule has 0 unspecified atom stereocenters. The second-order valence-corrected chi connectivity index (χ2v) is 4.98. The Labute approximate surface area is 111 Å². The van der Waals surface area contributed by atoms with Crippen LogP contribution in [0.4, 0.5) is 5.69 Å². The minimum absolute atomic E-state index is 0.309. The molecule has 0 bridgehead atoms. The number of rotatable bonds is 2. The maximum absolute atomic E-state index is 10.8. The second kappa shape index (κ2) is 4.83. The fourth-order valence-corrected chi connectivity index (χ4v) is 2.76. The molecule has 2 aliphatic rings. The number of aromatic carboxylic acids is 1. The maximum Gasteiger partial charge on any atom is 0.335 e. The third kappa shape index (κ3) is 2.43. The van der Waals surface area contributed by atoms with Crippen LogP contribution in [0.15, 0.2) is 24.3 Å². The van der Waals surface area contributed by atoms with Crippen molar-refractivity contribution >= 4 is 11.7 Å². The first kappa shape index (κ1) is 12.4. The Bertz CT molecular complexity index is 465. The van der Waals surface area contributed by atoms with Crippen molar-refractivity contribution in [3.8, 4) is 0 Å². The Balaban J connectivity index is 1.76. The average molecular weight is 263 g/mol. The van der Waals surface area contributed by atoms with Gasteiger partial charge in [0.2, 0.25) is 0 Å². The molecule has 0 saturated carbocycles. The van der Waals surface area contributed by atoms with E-state index in [0.717, 1.165) is 25.1 Å². The first-order valence-corrected chi connectivity index (χ1v) is 6.55. The molecule has 19 heavy (non-hydrogen) atoms. The molecule has 1 aromatic carbocycles. The van der Waals surface area contributed by atoms with Gasteiger partial charge in [-0.2, -0.15) is 0 Å². The minimum atomic E-state index is -0.899. The van der Waals surface area contributed by atoms with Crippen LogP contribution in [0.5, 0.6) is 0 Å². The SMILES string of the molecule is O=C(O)c1ccc(N2CCCC3(C2)OCCO3)cc1. The molecule has 2 heterocycles. The van der Waals surface area contributed by atoms with Gasteiger partial charge in [0, 0.05) is 18.7 Å². The highest BCUT2D eigenvalue weighted by molar-refractivity contribution is 5.88. The van der Waals surface area contributed by atoms with Gasteiger partial charge in [0.1, 0.15) is 0 Å². The molecule has 2 aliphatic heterocycles. The smallest absolute Gasteiger partial charge is 0.335 e. The zero-order valence-electron chi connectivity index (χ0n) is 10.7. The molecule has 2 fully saturated rings. The fourth-order valence-electron chi connectivity index (χ4n) is 2.76. The molecule has 0 amide bonds. The van der Waals surface area contributed by atoms with Gasteiger partial charge in [-0.05, 0) is 30.7 Å². The van der Waals surface area contributed by atoms with Gasteiger partial charge in [-0.25, -0.2) is 4.79 Å². The van der Waals surface area contributed by atoms with E-state index in [1.165, 1.54) is 0 Å². The lowest BCUT2D eigenvalue weighted by Gasteiger charge is -2.39. The number of carbonyl (C=O) groups is 1. The quantitative estimate of drug-likeness (QED) is 0.880. The fraction of sp³-hybridized carbons (Fsp3) is 0.500. The lowest BCUT2D eigenvalue weighted by molar-refractivity contribution is -0.161. The second-order valence-electron chi connectivity index (χ2n) is 4.98. The van der Waals surface area contributed by atoms with Crippen LogP contribution in [-0.4, -0.2) is 43.2 Å². The summed E-state index contributed by atoms with van der Waals surface area (Å²) in [7, 11) is 0. The number of nitrogens with zero attached hydrogens (tertiary/aromatic N) is 1. The molecule has 102 valence electrons. The van der Waals surface area contributed by atoms with Crippen LogP contribution in [0, 0.1) is 0 Å². The standard InChI is InChI=1S/C14H17NO4/c16-13(17)11-2-4-12(5-3-11)15-7-1-6-14(10-15)18-8-9-19-14/h2-5H,1,6-10H2,(H,16,17). The number of benzene rings is 1. The van der Waals surface area contributed by atoms with E-state index in [4.69, 9.17) is 14.6 Å². The normalized spacial score (nSPS) is 21.8. The number of ether oxygens (including phenoxy) is 2. The maximum atomic E-state index is 10.8. The van der Waals surface area contributed by atoms with Gasteiger partial charge in [0.15, 0.2) is 5.79 Å². The molecule has 1 spiro atoms. The molecule has 1 N–H and O–H groups in total. The van der Waals surface area contributed by atoms with E-state index in [1.807, 2.05) is 12.1 Å². The lowest BCUT2D eigenvalue weighted by atomic mass is 10.0. The molecule has 3 rings (SSSR count). The number of hydrogen-bond donors (Lipinski definition) is 1. The molecular formula is C14H17NO4. The average Bonchev–Trinajstić information content (AvgIpc) is 2.87.